The molecule has 0 saturated carbocycles. The van der Waals surface area contributed by atoms with Crippen molar-refractivity contribution in [2.75, 3.05) is 52.9 Å². The average Bonchev–Trinajstić information content (AvgIpc) is 3.59. The van der Waals surface area contributed by atoms with Gasteiger partial charge < -0.3 is 38.6 Å². The molecule has 63 heavy (non-hydrogen) atoms. The van der Waals surface area contributed by atoms with Gasteiger partial charge >= 0.3 is 11.9 Å². The smallest absolute Gasteiger partial charge is 0.333 e. The van der Waals surface area contributed by atoms with E-state index in [1.165, 1.54) is 22.3 Å². The van der Waals surface area contributed by atoms with Gasteiger partial charge in [-0.1, -0.05) is 122 Å². The van der Waals surface area contributed by atoms with Gasteiger partial charge in [0.15, 0.2) is 0 Å². The Balaban J connectivity index is 1.15. The number of rotatable bonds is 22. The van der Waals surface area contributed by atoms with Crippen LogP contribution in [-0.4, -0.2) is 87.2 Å². The first-order valence-corrected chi connectivity index (χ1v) is 21.3. The molecule has 7 rings (SSSR count). The van der Waals surface area contributed by atoms with Gasteiger partial charge in [-0.3, -0.25) is 0 Å². The number of benzene rings is 6. The maximum absolute atomic E-state index is 11.6. The first kappa shape index (κ1) is 44.7. The van der Waals surface area contributed by atoms with Gasteiger partial charge in [-0.25, -0.2) is 9.59 Å². The zero-order valence-electron chi connectivity index (χ0n) is 35.8. The van der Waals surface area contributed by atoms with Crippen molar-refractivity contribution in [1.29, 1.82) is 0 Å². The molecule has 0 aliphatic heterocycles. The van der Waals surface area contributed by atoms with Crippen LogP contribution in [0.15, 0.2) is 146 Å². The van der Waals surface area contributed by atoms with Crippen molar-refractivity contribution in [3.05, 3.63) is 168 Å². The van der Waals surface area contributed by atoms with Gasteiger partial charge in [0.2, 0.25) is 0 Å². The molecule has 0 heterocycles. The van der Waals surface area contributed by atoms with E-state index in [1.54, 1.807) is 13.8 Å². The molecule has 326 valence electrons. The van der Waals surface area contributed by atoms with Crippen molar-refractivity contribution in [3.63, 3.8) is 0 Å². The van der Waals surface area contributed by atoms with Crippen LogP contribution in [0.2, 0.25) is 0 Å². The Morgan fingerprint density at radius 2 is 0.873 bits per heavy atom. The highest BCUT2D eigenvalue weighted by molar-refractivity contribution is 6.01. The van der Waals surface area contributed by atoms with E-state index in [0.717, 1.165) is 44.2 Å². The minimum atomic E-state index is -0.934. The summed E-state index contributed by atoms with van der Waals surface area (Å²) in [5.74, 6) is 0.429. The van der Waals surface area contributed by atoms with Gasteiger partial charge in [0.1, 0.15) is 36.9 Å². The molecular formula is C53H54O10. The standard InChI is InChI=1S/C53H54O10/c1-35(2)51(56)62-33-37(54)31-58-27-13-29-60-49-25-11-17-41-43(49)19-9-23-47(41)53(45-21-7-5-15-39(45)40-16-6-8-22-46(40)53)48-24-10-20-44-42(48)18-12-26-50(44)61-30-14-28-59-32-38(55)34-63-52(57)36(3)4/h5-12,15-26,37-38,54-55H,1,3,13-14,27-34H2,2,4H3. The van der Waals surface area contributed by atoms with Crippen LogP contribution in [-0.2, 0) is 34.0 Å². The summed E-state index contributed by atoms with van der Waals surface area (Å²) < 4.78 is 34.2. The molecule has 10 nitrogen and oxygen atoms in total. The normalized spacial score (nSPS) is 13.5. The highest BCUT2D eigenvalue weighted by Crippen LogP contribution is 2.58. The quantitative estimate of drug-likeness (QED) is 0.0388. The highest BCUT2D eigenvalue weighted by Gasteiger charge is 2.47. The fraction of sp³-hybridized carbons (Fsp3) is 0.283. The van der Waals surface area contributed by atoms with Gasteiger partial charge in [0.05, 0.1) is 31.8 Å². The largest absolute Gasteiger partial charge is 0.493 e. The fourth-order valence-corrected chi connectivity index (χ4v) is 8.24. The number of carbonyl (C=O) groups is 2. The van der Waals surface area contributed by atoms with Crippen molar-refractivity contribution in [3.8, 4) is 22.6 Å². The third kappa shape index (κ3) is 9.85. The summed E-state index contributed by atoms with van der Waals surface area (Å²) in [4.78, 5) is 23.3. The number of esters is 2. The second kappa shape index (κ2) is 20.7. The maximum atomic E-state index is 11.6. The van der Waals surface area contributed by atoms with Crippen molar-refractivity contribution in [2.45, 2.75) is 44.3 Å². The number of hydrogen-bond donors (Lipinski definition) is 2. The zero-order valence-corrected chi connectivity index (χ0v) is 35.8. The summed E-state index contributed by atoms with van der Waals surface area (Å²) >= 11 is 0. The van der Waals surface area contributed by atoms with Gasteiger partial charge in [-0.05, 0) is 70.1 Å². The number of ether oxygens (including phenoxy) is 6. The van der Waals surface area contributed by atoms with E-state index in [2.05, 4.69) is 110 Å². The van der Waals surface area contributed by atoms with Crippen LogP contribution in [0.1, 0.15) is 48.9 Å². The molecule has 1 aliphatic rings. The number of hydrogen-bond acceptors (Lipinski definition) is 10. The van der Waals surface area contributed by atoms with Crippen LogP contribution in [0.3, 0.4) is 0 Å². The second-order valence-electron chi connectivity index (χ2n) is 15.8. The lowest BCUT2D eigenvalue weighted by molar-refractivity contribution is -0.143. The van der Waals surface area contributed by atoms with E-state index < -0.39 is 29.6 Å². The molecule has 0 radical (unpaired) electrons. The molecule has 1 aliphatic carbocycles. The summed E-state index contributed by atoms with van der Waals surface area (Å²) in [5, 5.41) is 24.4. The minimum absolute atomic E-state index is 0.0354. The molecule has 2 N–H and O–H groups in total. The molecule has 6 aromatic rings. The van der Waals surface area contributed by atoms with Crippen LogP contribution in [0.4, 0.5) is 0 Å². The van der Waals surface area contributed by atoms with E-state index in [0.29, 0.717) is 39.3 Å². The SMILES string of the molecule is C=C(C)C(=O)OCC(O)COCCCOc1cccc2c(C3(c4cccc5c(OCCCOCC(O)COC(=O)C(=C)C)cccc45)c4ccccc4-c4ccccc43)cccc12. The Kier molecular flexibility index (Phi) is 14.7. The van der Waals surface area contributed by atoms with Crippen molar-refractivity contribution in [1.82, 2.24) is 0 Å². The van der Waals surface area contributed by atoms with Crippen LogP contribution in [0.5, 0.6) is 11.5 Å². The third-order valence-corrected chi connectivity index (χ3v) is 11.0. The molecule has 0 fully saturated rings. The van der Waals surface area contributed by atoms with E-state index >= 15 is 0 Å². The minimum Gasteiger partial charge on any atom is -0.493 e. The molecule has 0 amide bonds. The third-order valence-electron chi connectivity index (χ3n) is 11.0. The topological polar surface area (TPSA) is 130 Å². The van der Waals surface area contributed by atoms with Crippen LogP contribution >= 0.6 is 0 Å². The molecule has 2 atom stereocenters. The van der Waals surface area contributed by atoms with E-state index in [9.17, 15) is 19.8 Å². The summed E-state index contributed by atoms with van der Waals surface area (Å²) in [6.07, 6.45) is -0.693. The van der Waals surface area contributed by atoms with E-state index in [1.807, 2.05) is 24.3 Å². The molecule has 10 heteroatoms. The second-order valence-corrected chi connectivity index (χ2v) is 15.8. The highest BCUT2D eigenvalue weighted by atomic mass is 16.6. The summed E-state index contributed by atoms with van der Waals surface area (Å²) in [6.45, 7) is 11.5. The lowest BCUT2D eigenvalue weighted by atomic mass is 9.65. The lowest BCUT2D eigenvalue weighted by Crippen LogP contribution is -2.29. The monoisotopic (exact) mass is 850 g/mol. The Hall–Kier alpha value is -6.30. The summed E-state index contributed by atoms with van der Waals surface area (Å²) in [5.41, 5.74) is 6.82. The Morgan fingerprint density at radius 1 is 0.492 bits per heavy atom. The number of aliphatic hydroxyl groups excluding tert-OH is 2. The van der Waals surface area contributed by atoms with E-state index in [4.69, 9.17) is 28.4 Å². The van der Waals surface area contributed by atoms with Crippen molar-refractivity contribution >= 4 is 33.5 Å². The van der Waals surface area contributed by atoms with Gasteiger partial charge in [0.25, 0.3) is 0 Å². The number of aliphatic hydroxyl groups is 2. The lowest BCUT2D eigenvalue weighted by Gasteiger charge is -2.36. The molecule has 0 spiro atoms. The fourth-order valence-electron chi connectivity index (χ4n) is 8.24. The molecule has 0 aromatic heterocycles. The van der Waals surface area contributed by atoms with Crippen LogP contribution in [0.25, 0.3) is 32.7 Å². The number of fused-ring (bicyclic) bond motifs is 5. The average molecular weight is 851 g/mol. The van der Waals surface area contributed by atoms with Crippen molar-refractivity contribution < 1.29 is 48.2 Å². The first-order chi connectivity index (χ1) is 30.6. The van der Waals surface area contributed by atoms with E-state index in [-0.39, 0.29) is 37.6 Å². The first-order valence-electron chi connectivity index (χ1n) is 21.3. The van der Waals surface area contributed by atoms with Crippen LogP contribution < -0.4 is 9.47 Å². The van der Waals surface area contributed by atoms with Gasteiger partial charge in [-0.2, -0.15) is 0 Å². The zero-order chi connectivity index (χ0) is 44.3. The molecule has 0 bridgehead atoms. The van der Waals surface area contributed by atoms with Gasteiger partial charge in [0, 0.05) is 48.0 Å². The molecule has 2 unspecified atom stereocenters. The maximum Gasteiger partial charge on any atom is 0.333 e. The van der Waals surface area contributed by atoms with Gasteiger partial charge in [-0.15, -0.1) is 0 Å². The van der Waals surface area contributed by atoms with Crippen LogP contribution in [0, 0.1) is 0 Å². The Morgan fingerprint density at radius 3 is 1.30 bits per heavy atom. The predicted molar refractivity (Wildman–Crippen MR) is 244 cm³/mol. The molecular weight excluding hydrogens is 797 g/mol. The number of carbonyl (C=O) groups excluding carboxylic acids is 2. The molecule has 0 saturated heterocycles. The predicted octanol–water partition coefficient (Wildman–Crippen LogP) is 8.89. The summed E-state index contributed by atoms with van der Waals surface area (Å²) in [7, 11) is 0. The molecule has 6 aromatic carbocycles. The summed E-state index contributed by atoms with van der Waals surface area (Å²) in [6, 6.07) is 42.6. The Bertz CT molecular complexity index is 2420. The van der Waals surface area contributed by atoms with Crippen molar-refractivity contribution in [2.24, 2.45) is 0 Å². The Labute approximate surface area is 368 Å².